The Balaban J connectivity index is 0. The second kappa shape index (κ2) is 7.08. The third kappa shape index (κ3) is 9.44. The topological polar surface area (TPSA) is 50.8 Å². The molecule has 0 radical (unpaired) electrons. The second-order valence-electron chi connectivity index (χ2n) is 2.71. The number of ether oxygens (including phenoxy) is 3. The predicted molar refractivity (Wildman–Crippen MR) is 29.1 cm³/mol. The van der Waals surface area contributed by atoms with Crippen molar-refractivity contribution in [3.05, 3.63) is 0 Å². The Bertz CT molecular complexity index is 336. The summed E-state index contributed by atoms with van der Waals surface area (Å²) in [5, 5.41) is 9.40. The molecule has 0 aromatic rings. The molecule has 0 saturated heterocycles. The fourth-order valence-electron chi connectivity index (χ4n) is 0.523. The molecule has 0 atom stereocenters. The van der Waals surface area contributed by atoms with Gasteiger partial charge in [0.05, 0.1) is 0 Å². The number of rotatable bonds is 6. The van der Waals surface area contributed by atoms with Crippen LogP contribution in [0.3, 0.4) is 0 Å². The van der Waals surface area contributed by atoms with Gasteiger partial charge in [-0.25, -0.2) is 18.3 Å². The largest absolute Gasteiger partial charge is 1.00 e. The Morgan fingerprint density at radius 3 is 1.19 bits per heavy atom. The molecule has 0 rings (SSSR count). The van der Waals surface area contributed by atoms with Crippen LogP contribution in [0.2, 0.25) is 0 Å². The van der Waals surface area contributed by atoms with E-state index in [0.717, 1.165) is 0 Å². The van der Waals surface area contributed by atoms with E-state index < -0.39 is 31.2 Å². The fraction of sp³-hybridized carbons (Fsp3) is 1.00. The van der Waals surface area contributed by atoms with E-state index in [1.54, 1.807) is 14.2 Å². The van der Waals surface area contributed by atoms with Crippen molar-refractivity contribution in [1.82, 2.24) is 0 Å². The molecule has 0 aliphatic rings. The molecule has 0 aromatic carbocycles. The molecule has 0 aliphatic carbocycles. The Morgan fingerprint density at radius 2 is 0.905 bits per heavy atom. The van der Waals surface area contributed by atoms with E-state index >= 15 is 0 Å². The van der Waals surface area contributed by atoms with Crippen molar-refractivity contribution in [2.75, 3.05) is 0 Å². The van der Waals surface area contributed by atoms with Crippen LogP contribution in [-0.2, 0) is 14.2 Å². The van der Waals surface area contributed by atoms with Crippen LogP contribution in [0.4, 0.5) is 48.3 Å². The quantitative estimate of drug-likeness (QED) is 0.348. The molecule has 0 N–H and O–H groups in total. The minimum atomic E-state index is -6.56. The van der Waals surface area contributed by atoms with Crippen molar-refractivity contribution in [1.29, 1.82) is 0 Å². The third-order valence-corrected chi connectivity index (χ3v) is 1.06. The summed E-state index contributed by atoms with van der Waals surface area (Å²) >= 11 is 0. The second-order valence-corrected chi connectivity index (χ2v) is 2.71. The van der Waals surface area contributed by atoms with Crippen molar-refractivity contribution in [3.63, 3.8) is 0 Å². The van der Waals surface area contributed by atoms with Gasteiger partial charge in [-0.05, 0) is 0 Å². The van der Waals surface area contributed by atoms with Gasteiger partial charge < -0.3 is 5.11 Å². The van der Waals surface area contributed by atoms with Gasteiger partial charge in [0.25, 0.3) is 6.11 Å². The summed E-state index contributed by atoms with van der Waals surface area (Å²) in [4.78, 5) is 0. The molecule has 4 nitrogen and oxygen atoms in total. The van der Waals surface area contributed by atoms with Crippen LogP contribution < -0.4 is 56.5 Å². The van der Waals surface area contributed by atoms with Gasteiger partial charge in [0.15, 0.2) is 0 Å². The zero-order valence-electron chi connectivity index (χ0n) is 9.29. The average molecular weight is 372 g/mol. The summed E-state index contributed by atoms with van der Waals surface area (Å²) < 4.78 is 134. The van der Waals surface area contributed by atoms with E-state index in [1.807, 2.05) is 0 Å². The van der Waals surface area contributed by atoms with Crippen molar-refractivity contribution in [2.45, 2.75) is 31.2 Å². The summed E-state index contributed by atoms with van der Waals surface area (Å²) in [5.41, 5.74) is 0. The summed E-state index contributed by atoms with van der Waals surface area (Å²) in [7, 11) is 0. The van der Waals surface area contributed by atoms with Gasteiger partial charge in [0.1, 0.15) is 0 Å². The van der Waals surface area contributed by atoms with Crippen LogP contribution in [0.5, 0.6) is 0 Å². The molecule has 0 fully saturated rings. The van der Waals surface area contributed by atoms with Gasteiger partial charge >= 0.3 is 76.4 Å². The predicted octanol–water partition coefficient (Wildman–Crippen LogP) is -0.794. The molecule has 0 saturated carbocycles. The van der Waals surface area contributed by atoms with Gasteiger partial charge in [0.2, 0.25) is 0 Å². The van der Waals surface area contributed by atoms with Crippen molar-refractivity contribution >= 4 is 0 Å². The molecular formula is C5F11KO4. The summed E-state index contributed by atoms with van der Waals surface area (Å²) in [6, 6.07) is 0. The standard InChI is InChI=1S/C5F11O4.K/c6-1(7,17)2(8,9)18-4(13,14)20-5(15,16)19-3(10,11)12;/q-1;+1. The number of hydrogen-bond donors (Lipinski definition) is 0. The Morgan fingerprint density at radius 1 is 0.571 bits per heavy atom. The van der Waals surface area contributed by atoms with Gasteiger partial charge in [-0.3, -0.25) is 0 Å². The Kier molecular flexibility index (Phi) is 8.08. The molecule has 122 valence electrons. The van der Waals surface area contributed by atoms with Gasteiger partial charge in [-0.1, -0.05) is 0 Å². The molecule has 0 aliphatic heterocycles. The average Bonchev–Trinajstić information content (AvgIpc) is 1.88. The van der Waals surface area contributed by atoms with E-state index in [2.05, 4.69) is 0 Å². The summed E-state index contributed by atoms with van der Waals surface area (Å²) in [6.45, 7) is 0. The maximum Gasteiger partial charge on any atom is 1.00 e. The van der Waals surface area contributed by atoms with Crippen molar-refractivity contribution in [3.8, 4) is 0 Å². The third-order valence-electron chi connectivity index (χ3n) is 1.06. The molecule has 0 spiro atoms. The minimum Gasteiger partial charge on any atom is -0.791 e. The maximum atomic E-state index is 12.2. The van der Waals surface area contributed by atoms with E-state index in [0.29, 0.717) is 0 Å². The van der Waals surface area contributed by atoms with Crippen molar-refractivity contribution < 1.29 is 119 Å². The fourth-order valence-corrected chi connectivity index (χ4v) is 0.523. The van der Waals surface area contributed by atoms with Crippen LogP contribution in [-0.4, -0.2) is 31.2 Å². The van der Waals surface area contributed by atoms with E-state index in [4.69, 9.17) is 0 Å². The van der Waals surface area contributed by atoms with Gasteiger partial charge in [-0.2, -0.15) is 13.5 Å². The normalized spacial score (nSPS) is 14.9. The van der Waals surface area contributed by atoms with Crippen LogP contribution in [0.1, 0.15) is 0 Å². The number of hydrogen-bond acceptors (Lipinski definition) is 4. The zero-order valence-corrected chi connectivity index (χ0v) is 12.4. The number of halogens is 11. The van der Waals surface area contributed by atoms with Crippen LogP contribution in [0, 0.1) is 0 Å². The van der Waals surface area contributed by atoms with Crippen LogP contribution >= 0.6 is 0 Å². The summed E-state index contributed by atoms with van der Waals surface area (Å²) in [5.74, 6) is 0. The first-order valence-electron chi connectivity index (χ1n) is 3.76. The number of alkyl halides is 11. The molecular weight excluding hydrogens is 372 g/mol. The molecule has 0 unspecified atom stereocenters. The smallest absolute Gasteiger partial charge is 0.791 e. The van der Waals surface area contributed by atoms with E-state index in [-0.39, 0.29) is 51.4 Å². The molecule has 0 amide bonds. The molecule has 0 heterocycles. The first kappa shape index (κ1) is 24.0. The van der Waals surface area contributed by atoms with Gasteiger partial charge in [-0.15, -0.1) is 30.7 Å². The first-order valence-corrected chi connectivity index (χ1v) is 3.76. The van der Waals surface area contributed by atoms with Crippen LogP contribution in [0.25, 0.3) is 0 Å². The van der Waals surface area contributed by atoms with Gasteiger partial charge in [0, 0.05) is 0 Å². The Labute approximate surface area is 149 Å². The molecule has 16 heteroatoms. The zero-order chi connectivity index (χ0) is 16.6. The first-order chi connectivity index (χ1) is 8.37. The van der Waals surface area contributed by atoms with Crippen LogP contribution in [0.15, 0.2) is 0 Å². The molecule has 21 heavy (non-hydrogen) atoms. The Hall–Kier alpha value is 0.706. The minimum absolute atomic E-state index is 0. The SMILES string of the molecule is [K+].[O-]C(F)(F)C(F)(F)OC(F)(F)OC(F)(F)OC(F)(F)F. The van der Waals surface area contributed by atoms with E-state index in [1.165, 1.54) is 0 Å². The van der Waals surface area contributed by atoms with Crippen molar-refractivity contribution in [2.24, 2.45) is 0 Å². The maximum absolute atomic E-state index is 12.2. The summed E-state index contributed by atoms with van der Waals surface area (Å²) in [6.07, 6.45) is -32.0. The monoisotopic (exact) mass is 372 g/mol. The molecule has 0 bridgehead atoms. The van der Waals surface area contributed by atoms with E-state index in [9.17, 15) is 53.4 Å². The molecule has 0 aromatic heterocycles.